The average Bonchev–Trinajstić information content (AvgIpc) is 3.47. The fourth-order valence-electron chi connectivity index (χ4n) is 4.72. The molecule has 1 aromatic heterocycles. The Morgan fingerprint density at radius 1 is 1.06 bits per heavy atom. The second kappa shape index (κ2) is 9.56. The molecule has 188 valence electrons. The summed E-state index contributed by atoms with van der Waals surface area (Å²) < 4.78 is 27.7. The number of nitrogens with one attached hydrogen (secondary N) is 1. The van der Waals surface area contributed by atoms with Gasteiger partial charge in [0.2, 0.25) is 0 Å². The summed E-state index contributed by atoms with van der Waals surface area (Å²) in [4.78, 5) is 37.0. The number of methoxy groups -OCH3 is 1. The van der Waals surface area contributed by atoms with Gasteiger partial charge in [0.05, 0.1) is 7.11 Å². The second-order valence-electron chi connectivity index (χ2n) is 9.05. The summed E-state index contributed by atoms with van der Waals surface area (Å²) in [5.74, 6) is 0.191. The molecule has 3 aromatic rings. The Balaban J connectivity index is 1.14. The van der Waals surface area contributed by atoms with Crippen molar-refractivity contribution in [1.82, 2.24) is 0 Å². The van der Waals surface area contributed by atoms with Crippen LogP contribution in [0.3, 0.4) is 0 Å². The van der Waals surface area contributed by atoms with Crippen molar-refractivity contribution in [3.63, 3.8) is 0 Å². The van der Waals surface area contributed by atoms with E-state index in [0.29, 0.717) is 34.1 Å². The molecule has 36 heavy (non-hydrogen) atoms. The molecule has 0 bridgehead atoms. The summed E-state index contributed by atoms with van der Waals surface area (Å²) in [7, 11) is 1.53. The molecule has 1 fully saturated rings. The van der Waals surface area contributed by atoms with Crippen molar-refractivity contribution in [3.8, 4) is 17.2 Å². The number of carbonyl (C=O) groups excluding carboxylic acids is 2. The van der Waals surface area contributed by atoms with E-state index in [1.807, 2.05) is 6.07 Å². The van der Waals surface area contributed by atoms with Crippen LogP contribution in [0.2, 0.25) is 0 Å². The summed E-state index contributed by atoms with van der Waals surface area (Å²) in [6.07, 6.45) is 3.88. The first-order valence-electron chi connectivity index (χ1n) is 11.9. The maximum atomic E-state index is 12.5. The van der Waals surface area contributed by atoms with Gasteiger partial charge in [-0.3, -0.25) is 9.59 Å². The number of rotatable bonds is 7. The van der Waals surface area contributed by atoms with Gasteiger partial charge in [-0.2, -0.15) is 0 Å². The fraction of sp³-hybridized carbons (Fsp3) is 0.370. The summed E-state index contributed by atoms with van der Waals surface area (Å²) >= 11 is 0. The normalized spacial score (nSPS) is 15.3. The van der Waals surface area contributed by atoms with Gasteiger partial charge < -0.3 is 28.7 Å². The maximum absolute atomic E-state index is 12.5. The Kier molecular flexibility index (Phi) is 6.30. The highest BCUT2D eigenvalue weighted by Gasteiger charge is 2.44. The highest BCUT2D eigenvalue weighted by atomic mass is 16.7. The molecule has 1 saturated carbocycles. The van der Waals surface area contributed by atoms with Crippen molar-refractivity contribution >= 4 is 28.5 Å². The Bertz CT molecular complexity index is 1390. The minimum Gasteiger partial charge on any atom is -0.497 e. The van der Waals surface area contributed by atoms with E-state index in [4.69, 9.17) is 23.4 Å². The van der Waals surface area contributed by atoms with Crippen molar-refractivity contribution in [2.45, 2.75) is 51.2 Å². The third kappa shape index (κ3) is 4.73. The molecule has 0 unspecified atom stereocenters. The predicted octanol–water partition coefficient (Wildman–Crippen LogP) is 4.27. The lowest BCUT2D eigenvalue weighted by Crippen LogP contribution is -2.34. The molecule has 1 N–H and O–H groups in total. The summed E-state index contributed by atoms with van der Waals surface area (Å²) in [6, 6.07) is 10.4. The quantitative estimate of drug-likeness (QED) is 0.384. The highest BCUT2D eigenvalue weighted by molar-refractivity contribution is 5.93. The average molecular weight is 494 g/mol. The number of anilines is 1. The number of carbonyl (C=O) groups is 2. The summed E-state index contributed by atoms with van der Waals surface area (Å²) in [5.41, 5.74) is 1.56. The molecule has 0 radical (unpaired) electrons. The number of hydrogen-bond acceptors (Lipinski definition) is 8. The minimum atomic E-state index is -0.590. The van der Waals surface area contributed by atoms with E-state index in [0.717, 1.165) is 36.6 Å². The minimum absolute atomic E-state index is 0.0628. The Labute approximate surface area is 207 Å². The van der Waals surface area contributed by atoms with Crippen LogP contribution in [0, 0.1) is 6.92 Å². The molecule has 2 aliphatic rings. The monoisotopic (exact) mass is 493 g/mol. The molecule has 9 nitrogen and oxygen atoms in total. The van der Waals surface area contributed by atoms with E-state index in [1.165, 1.54) is 7.11 Å². The Morgan fingerprint density at radius 2 is 1.83 bits per heavy atom. The molecule has 1 aliphatic heterocycles. The predicted molar refractivity (Wildman–Crippen MR) is 131 cm³/mol. The second-order valence-corrected chi connectivity index (χ2v) is 9.05. The van der Waals surface area contributed by atoms with E-state index in [1.54, 1.807) is 37.3 Å². The fourth-order valence-corrected chi connectivity index (χ4v) is 4.72. The van der Waals surface area contributed by atoms with E-state index in [9.17, 15) is 14.4 Å². The molecular weight excluding hydrogens is 466 g/mol. The maximum Gasteiger partial charge on any atom is 0.339 e. The van der Waals surface area contributed by atoms with E-state index >= 15 is 0 Å². The standard InChI is InChI=1S/C27H27NO8/c1-16-19-7-6-18(32-2)14-22(19)34-26(31)20(16)8-10-25(30)33-15-24(29)28-17-5-9-21-23(13-17)36-27(35-21)11-3-4-12-27/h5-7,9,13-14H,3-4,8,10-12,15H2,1-2H3,(H,28,29). The highest BCUT2D eigenvalue weighted by Crippen LogP contribution is 2.47. The largest absolute Gasteiger partial charge is 0.497 e. The van der Waals surface area contributed by atoms with Gasteiger partial charge in [0.1, 0.15) is 11.3 Å². The van der Waals surface area contributed by atoms with Crippen molar-refractivity contribution in [1.29, 1.82) is 0 Å². The van der Waals surface area contributed by atoms with Gasteiger partial charge in [0.15, 0.2) is 18.1 Å². The topological polar surface area (TPSA) is 113 Å². The van der Waals surface area contributed by atoms with Crippen molar-refractivity contribution in [3.05, 3.63) is 57.9 Å². The SMILES string of the molecule is COc1ccc2c(C)c(CCC(=O)OCC(=O)Nc3ccc4c(c3)OC3(CCCC3)O4)c(=O)oc2c1. The lowest BCUT2D eigenvalue weighted by Gasteiger charge is -2.21. The third-order valence-electron chi connectivity index (χ3n) is 6.62. The first kappa shape index (κ1) is 23.7. The van der Waals surface area contributed by atoms with Crippen LogP contribution in [-0.4, -0.2) is 31.4 Å². The van der Waals surface area contributed by atoms with E-state index in [-0.39, 0.29) is 12.8 Å². The van der Waals surface area contributed by atoms with Crippen molar-refractivity contribution in [2.24, 2.45) is 0 Å². The lowest BCUT2D eigenvalue weighted by atomic mass is 10.0. The molecule has 1 aliphatic carbocycles. The van der Waals surface area contributed by atoms with Crippen LogP contribution in [0.15, 0.2) is 45.6 Å². The van der Waals surface area contributed by atoms with Crippen LogP contribution in [0.4, 0.5) is 5.69 Å². The lowest BCUT2D eigenvalue weighted by molar-refractivity contribution is -0.147. The number of aryl methyl sites for hydroxylation is 1. The number of fused-ring (bicyclic) bond motifs is 2. The number of amides is 1. The van der Waals surface area contributed by atoms with Gasteiger partial charge in [-0.1, -0.05) is 0 Å². The van der Waals surface area contributed by atoms with Crippen LogP contribution < -0.4 is 25.2 Å². The Morgan fingerprint density at radius 3 is 2.61 bits per heavy atom. The number of esters is 1. The van der Waals surface area contributed by atoms with Crippen molar-refractivity contribution < 1.29 is 33.0 Å². The van der Waals surface area contributed by atoms with Gasteiger partial charge in [-0.05, 0) is 56.0 Å². The zero-order chi connectivity index (χ0) is 25.3. The molecule has 0 saturated heterocycles. The molecule has 2 aromatic carbocycles. The number of ether oxygens (including phenoxy) is 4. The van der Waals surface area contributed by atoms with Crippen LogP contribution in [0.25, 0.3) is 11.0 Å². The molecule has 2 heterocycles. The van der Waals surface area contributed by atoms with Crippen LogP contribution in [-0.2, 0) is 20.7 Å². The van der Waals surface area contributed by atoms with Gasteiger partial charge in [0.25, 0.3) is 11.7 Å². The van der Waals surface area contributed by atoms with Gasteiger partial charge >= 0.3 is 11.6 Å². The first-order chi connectivity index (χ1) is 17.4. The number of hydrogen-bond donors (Lipinski definition) is 1. The smallest absolute Gasteiger partial charge is 0.339 e. The van der Waals surface area contributed by atoms with Crippen molar-refractivity contribution in [2.75, 3.05) is 19.0 Å². The molecule has 9 heteroatoms. The van der Waals surface area contributed by atoms with Gasteiger partial charge in [-0.15, -0.1) is 0 Å². The molecular formula is C27H27NO8. The molecule has 1 amide bonds. The number of benzene rings is 2. The summed E-state index contributed by atoms with van der Waals surface area (Å²) in [6.45, 7) is 1.36. The molecule has 5 rings (SSSR count). The van der Waals surface area contributed by atoms with E-state index < -0.39 is 29.9 Å². The summed E-state index contributed by atoms with van der Waals surface area (Å²) in [5, 5.41) is 3.47. The van der Waals surface area contributed by atoms with Gasteiger partial charge in [-0.25, -0.2) is 4.79 Å². The van der Waals surface area contributed by atoms with Crippen LogP contribution in [0.1, 0.15) is 43.2 Å². The zero-order valence-electron chi connectivity index (χ0n) is 20.2. The Hall–Kier alpha value is -4.01. The zero-order valence-corrected chi connectivity index (χ0v) is 20.2. The van der Waals surface area contributed by atoms with Crippen LogP contribution >= 0.6 is 0 Å². The third-order valence-corrected chi connectivity index (χ3v) is 6.62. The van der Waals surface area contributed by atoms with Gasteiger partial charge in [0, 0.05) is 48.0 Å². The van der Waals surface area contributed by atoms with E-state index in [2.05, 4.69) is 5.32 Å². The first-order valence-corrected chi connectivity index (χ1v) is 11.9. The molecule has 0 atom stereocenters. The molecule has 1 spiro atoms. The van der Waals surface area contributed by atoms with Crippen LogP contribution in [0.5, 0.6) is 17.2 Å².